The molecule has 1 aliphatic carbocycles. The number of Topliss-reactive ketones (excluding diaryl/α,β-unsaturated/α-hetero) is 2. The first kappa shape index (κ1) is 21.7. The van der Waals surface area contributed by atoms with Gasteiger partial charge in [-0.3, -0.25) is 9.59 Å². The van der Waals surface area contributed by atoms with Gasteiger partial charge in [0.15, 0.2) is 23.0 Å². The predicted molar refractivity (Wildman–Crippen MR) is 106 cm³/mol. The number of benzene rings is 1. The average molecular weight is 388 g/mol. The molecule has 6 nitrogen and oxygen atoms in total. The van der Waals surface area contributed by atoms with Crippen LogP contribution in [0.2, 0.25) is 0 Å². The van der Waals surface area contributed by atoms with E-state index in [4.69, 9.17) is 18.9 Å². The smallest absolute Gasteiger partial charge is 0.204 e. The number of ketones is 2. The molecule has 152 valence electrons. The highest BCUT2D eigenvalue weighted by Gasteiger charge is 2.50. The van der Waals surface area contributed by atoms with Crippen molar-refractivity contribution in [3.8, 4) is 11.5 Å². The van der Waals surface area contributed by atoms with Crippen molar-refractivity contribution in [2.24, 2.45) is 11.3 Å². The molecule has 0 heterocycles. The molecule has 0 saturated carbocycles. The van der Waals surface area contributed by atoms with Gasteiger partial charge in [0, 0.05) is 18.6 Å². The molecule has 0 aromatic heterocycles. The van der Waals surface area contributed by atoms with Gasteiger partial charge in [-0.1, -0.05) is 13.0 Å². The van der Waals surface area contributed by atoms with Crippen molar-refractivity contribution in [3.05, 3.63) is 48.3 Å². The Hall–Kier alpha value is -2.60. The average Bonchev–Trinajstić information content (AvgIpc) is 2.73. The van der Waals surface area contributed by atoms with Gasteiger partial charge in [0.25, 0.3) is 0 Å². The van der Waals surface area contributed by atoms with E-state index in [0.29, 0.717) is 29.9 Å². The minimum absolute atomic E-state index is 0.164. The van der Waals surface area contributed by atoms with Crippen molar-refractivity contribution in [1.82, 2.24) is 0 Å². The summed E-state index contributed by atoms with van der Waals surface area (Å²) in [5.41, 5.74) is -0.545. The summed E-state index contributed by atoms with van der Waals surface area (Å²) < 4.78 is 21.3. The van der Waals surface area contributed by atoms with E-state index >= 15 is 0 Å². The van der Waals surface area contributed by atoms with Crippen LogP contribution in [-0.4, -0.2) is 46.1 Å². The molecule has 0 bridgehead atoms. The van der Waals surface area contributed by atoms with Crippen LogP contribution in [0, 0.1) is 11.3 Å². The van der Waals surface area contributed by atoms with Crippen molar-refractivity contribution < 1.29 is 28.5 Å². The number of allylic oxidation sites excluding steroid dienone is 2. The van der Waals surface area contributed by atoms with Crippen LogP contribution < -0.4 is 9.47 Å². The zero-order chi connectivity index (χ0) is 20.9. The van der Waals surface area contributed by atoms with Gasteiger partial charge < -0.3 is 18.9 Å². The minimum Gasteiger partial charge on any atom is -0.493 e. The Balaban J connectivity index is 2.48. The van der Waals surface area contributed by atoms with Gasteiger partial charge in [0.1, 0.15) is 0 Å². The molecule has 0 N–H and O–H groups in total. The normalized spacial score (nSPS) is 22.8. The van der Waals surface area contributed by atoms with Crippen LogP contribution in [0.25, 0.3) is 0 Å². The fourth-order valence-corrected chi connectivity index (χ4v) is 3.79. The van der Waals surface area contributed by atoms with Crippen LogP contribution in [0.3, 0.4) is 0 Å². The molecule has 1 aromatic carbocycles. The molecule has 0 fully saturated rings. The molecule has 0 aliphatic heterocycles. The molecule has 0 saturated heterocycles. The molecule has 1 aromatic rings. The number of hydrogen-bond donors (Lipinski definition) is 0. The van der Waals surface area contributed by atoms with E-state index in [2.05, 4.69) is 6.58 Å². The van der Waals surface area contributed by atoms with Crippen LogP contribution in [-0.2, 0) is 14.3 Å². The maximum atomic E-state index is 13.3. The van der Waals surface area contributed by atoms with Crippen LogP contribution >= 0.6 is 0 Å². The Labute approximate surface area is 166 Å². The molecule has 3 atom stereocenters. The molecule has 0 radical (unpaired) electrons. The fourth-order valence-electron chi connectivity index (χ4n) is 3.79. The van der Waals surface area contributed by atoms with Gasteiger partial charge in [0.05, 0.1) is 32.8 Å². The van der Waals surface area contributed by atoms with E-state index in [0.717, 1.165) is 0 Å². The highest BCUT2D eigenvalue weighted by molar-refractivity contribution is 6.06. The summed E-state index contributed by atoms with van der Waals surface area (Å²) in [7, 11) is 6.06. The SMILES string of the molecule is C=CCC1(C(C)C(=O)c2ccc(OC)c(OC)c2)CC(OC)C=C(OC)C1=O. The summed E-state index contributed by atoms with van der Waals surface area (Å²) in [5, 5.41) is 0. The van der Waals surface area contributed by atoms with Gasteiger partial charge in [-0.2, -0.15) is 0 Å². The van der Waals surface area contributed by atoms with Gasteiger partial charge in [0.2, 0.25) is 5.78 Å². The molecule has 0 amide bonds. The zero-order valence-electron chi connectivity index (χ0n) is 17.1. The third-order valence-corrected chi connectivity index (χ3v) is 5.50. The number of ether oxygens (including phenoxy) is 4. The van der Waals surface area contributed by atoms with Gasteiger partial charge in [-0.25, -0.2) is 0 Å². The van der Waals surface area contributed by atoms with Gasteiger partial charge in [-0.05, 0) is 37.1 Å². The van der Waals surface area contributed by atoms with Crippen molar-refractivity contribution in [2.45, 2.75) is 25.9 Å². The Bertz CT molecular complexity index is 781. The van der Waals surface area contributed by atoms with Gasteiger partial charge in [-0.15, -0.1) is 6.58 Å². The van der Waals surface area contributed by atoms with E-state index < -0.39 is 11.3 Å². The zero-order valence-corrected chi connectivity index (χ0v) is 17.1. The number of methoxy groups -OCH3 is 4. The topological polar surface area (TPSA) is 71.1 Å². The van der Waals surface area contributed by atoms with E-state index in [1.54, 1.807) is 44.4 Å². The van der Waals surface area contributed by atoms with Crippen molar-refractivity contribution in [2.75, 3.05) is 28.4 Å². The monoisotopic (exact) mass is 388 g/mol. The third kappa shape index (κ3) is 3.83. The number of carbonyl (C=O) groups is 2. The Morgan fingerprint density at radius 1 is 1.21 bits per heavy atom. The molecular formula is C22H28O6. The predicted octanol–water partition coefficient (Wildman–Crippen LogP) is 3.60. The molecule has 1 aliphatic rings. The minimum atomic E-state index is -0.993. The molecule has 0 spiro atoms. The molecule has 3 unspecified atom stereocenters. The second kappa shape index (κ2) is 9.06. The van der Waals surface area contributed by atoms with E-state index in [1.807, 2.05) is 0 Å². The lowest BCUT2D eigenvalue weighted by Crippen LogP contribution is -2.47. The van der Waals surface area contributed by atoms with Crippen LogP contribution in [0.5, 0.6) is 11.5 Å². The van der Waals surface area contributed by atoms with E-state index in [-0.39, 0.29) is 23.4 Å². The molecule has 2 rings (SSSR count). The Morgan fingerprint density at radius 2 is 1.89 bits per heavy atom. The van der Waals surface area contributed by atoms with E-state index in [9.17, 15) is 9.59 Å². The summed E-state index contributed by atoms with van der Waals surface area (Å²) >= 11 is 0. The Morgan fingerprint density at radius 3 is 2.43 bits per heavy atom. The van der Waals surface area contributed by atoms with E-state index in [1.165, 1.54) is 21.3 Å². The lowest BCUT2D eigenvalue weighted by Gasteiger charge is -2.41. The second-order valence-electron chi connectivity index (χ2n) is 6.85. The van der Waals surface area contributed by atoms with Crippen LogP contribution in [0.15, 0.2) is 42.7 Å². The second-order valence-corrected chi connectivity index (χ2v) is 6.85. The fraction of sp³-hybridized carbons (Fsp3) is 0.455. The summed E-state index contributed by atoms with van der Waals surface area (Å²) in [6, 6.07) is 4.99. The first-order valence-electron chi connectivity index (χ1n) is 9.09. The maximum absolute atomic E-state index is 13.3. The first-order chi connectivity index (χ1) is 13.4. The summed E-state index contributed by atoms with van der Waals surface area (Å²) in [6.07, 6.45) is 3.72. The van der Waals surface area contributed by atoms with Crippen molar-refractivity contribution in [3.63, 3.8) is 0 Å². The number of carbonyl (C=O) groups excluding carboxylic acids is 2. The van der Waals surface area contributed by atoms with Gasteiger partial charge >= 0.3 is 0 Å². The van der Waals surface area contributed by atoms with Crippen LogP contribution in [0.4, 0.5) is 0 Å². The van der Waals surface area contributed by atoms with Crippen LogP contribution in [0.1, 0.15) is 30.1 Å². The highest BCUT2D eigenvalue weighted by Crippen LogP contribution is 2.45. The quantitative estimate of drug-likeness (QED) is 0.475. The summed E-state index contributed by atoms with van der Waals surface area (Å²) in [4.78, 5) is 26.6. The maximum Gasteiger partial charge on any atom is 0.204 e. The number of rotatable bonds is 9. The lowest BCUT2D eigenvalue weighted by atomic mass is 9.62. The Kier molecular flexibility index (Phi) is 7.02. The summed E-state index contributed by atoms with van der Waals surface area (Å²) in [6.45, 7) is 5.57. The first-order valence-corrected chi connectivity index (χ1v) is 9.09. The molecule has 28 heavy (non-hydrogen) atoms. The van der Waals surface area contributed by atoms with Crippen molar-refractivity contribution >= 4 is 11.6 Å². The van der Waals surface area contributed by atoms with Crippen molar-refractivity contribution in [1.29, 1.82) is 0 Å². The highest BCUT2D eigenvalue weighted by atomic mass is 16.5. The lowest BCUT2D eigenvalue weighted by molar-refractivity contribution is -0.133. The third-order valence-electron chi connectivity index (χ3n) is 5.50. The molecular weight excluding hydrogens is 360 g/mol. The number of hydrogen-bond acceptors (Lipinski definition) is 6. The molecule has 6 heteroatoms. The summed E-state index contributed by atoms with van der Waals surface area (Å²) in [5.74, 6) is 0.221. The standard InChI is InChI=1S/C22H28O6/c1-7-10-22(13-16(25-3)12-19(28-6)21(22)24)14(2)20(23)15-8-9-17(26-4)18(11-15)27-5/h7-9,11-12,14,16H,1,10,13H2,2-6H3. The largest absolute Gasteiger partial charge is 0.493 e.